The Labute approximate surface area is 146 Å². The van der Waals surface area contributed by atoms with Crippen LogP contribution in [0.15, 0.2) is 42.6 Å². The van der Waals surface area contributed by atoms with Gasteiger partial charge >= 0.3 is 0 Å². The zero-order chi connectivity index (χ0) is 18.0. The molecule has 0 aliphatic rings. The number of aromatic nitrogens is 2. The SMILES string of the molecule is COc1cc(C(=O)c2cnc(-c3ccc(C)cc3)[nH]2)cc(OC)c1C. The molecule has 0 unspecified atom stereocenters. The van der Waals surface area contributed by atoms with Gasteiger partial charge < -0.3 is 14.5 Å². The summed E-state index contributed by atoms with van der Waals surface area (Å²) in [6.07, 6.45) is 1.55. The lowest BCUT2D eigenvalue weighted by atomic mass is 10.0. The molecule has 0 saturated carbocycles. The Hall–Kier alpha value is -3.08. The van der Waals surface area contributed by atoms with Crippen molar-refractivity contribution in [3.63, 3.8) is 0 Å². The molecule has 1 N–H and O–H groups in total. The van der Waals surface area contributed by atoms with Crippen molar-refractivity contribution in [2.75, 3.05) is 14.2 Å². The number of nitrogens with one attached hydrogen (secondary N) is 1. The molecule has 5 heteroatoms. The van der Waals surface area contributed by atoms with Gasteiger partial charge in [0.25, 0.3) is 0 Å². The number of ketones is 1. The van der Waals surface area contributed by atoms with E-state index in [-0.39, 0.29) is 5.78 Å². The van der Waals surface area contributed by atoms with Crippen molar-refractivity contribution in [2.45, 2.75) is 13.8 Å². The maximum absolute atomic E-state index is 12.8. The Morgan fingerprint density at radius 1 is 1.00 bits per heavy atom. The number of methoxy groups -OCH3 is 2. The molecule has 3 rings (SSSR count). The second-order valence-corrected chi connectivity index (χ2v) is 5.85. The zero-order valence-corrected chi connectivity index (χ0v) is 14.7. The van der Waals surface area contributed by atoms with Crippen LogP contribution >= 0.6 is 0 Å². The number of hydrogen-bond acceptors (Lipinski definition) is 4. The number of ether oxygens (including phenoxy) is 2. The van der Waals surface area contributed by atoms with Gasteiger partial charge in [-0.25, -0.2) is 4.98 Å². The number of nitrogens with zero attached hydrogens (tertiary/aromatic N) is 1. The molecule has 3 aromatic rings. The third-order valence-corrected chi connectivity index (χ3v) is 4.16. The molecule has 2 aromatic carbocycles. The van der Waals surface area contributed by atoms with Crippen LogP contribution in [0.5, 0.6) is 11.5 Å². The van der Waals surface area contributed by atoms with E-state index >= 15 is 0 Å². The first-order valence-electron chi connectivity index (χ1n) is 7.93. The van der Waals surface area contributed by atoms with Crippen LogP contribution in [-0.2, 0) is 0 Å². The van der Waals surface area contributed by atoms with E-state index in [4.69, 9.17) is 9.47 Å². The maximum atomic E-state index is 12.8. The third-order valence-electron chi connectivity index (χ3n) is 4.16. The van der Waals surface area contributed by atoms with Crippen LogP contribution < -0.4 is 9.47 Å². The largest absolute Gasteiger partial charge is 0.496 e. The van der Waals surface area contributed by atoms with Crippen LogP contribution in [0.4, 0.5) is 0 Å². The molecular weight excluding hydrogens is 316 g/mol. The summed E-state index contributed by atoms with van der Waals surface area (Å²) in [7, 11) is 3.14. The highest BCUT2D eigenvalue weighted by atomic mass is 16.5. The Kier molecular flexibility index (Phi) is 4.57. The summed E-state index contributed by atoms with van der Waals surface area (Å²) in [4.78, 5) is 20.2. The van der Waals surface area contributed by atoms with E-state index in [2.05, 4.69) is 9.97 Å². The molecule has 5 nitrogen and oxygen atoms in total. The second kappa shape index (κ2) is 6.81. The highest BCUT2D eigenvalue weighted by Gasteiger charge is 2.17. The molecule has 0 saturated heterocycles. The number of carbonyl (C=O) groups excluding carboxylic acids is 1. The van der Waals surface area contributed by atoms with Gasteiger partial charge in [0.2, 0.25) is 5.78 Å². The molecule has 0 fully saturated rings. The summed E-state index contributed by atoms with van der Waals surface area (Å²) in [5, 5.41) is 0. The molecule has 25 heavy (non-hydrogen) atoms. The van der Waals surface area contributed by atoms with E-state index in [1.54, 1.807) is 32.5 Å². The van der Waals surface area contributed by atoms with Gasteiger partial charge in [0.15, 0.2) is 0 Å². The molecular formula is C20H20N2O3. The lowest BCUT2D eigenvalue weighted by molar-refractivity contribution is 0.103. The predicted octanol–water partition coefficient (Wildman–Crippen LogP) is 3.94. The van der Waals surface area contributed by atoms with Crippen molar-refractivity contribution >= 4 is 5.78 Å². The van der Waals surface area contributed by atoms with E-state index in [9.17, 15) is 4.79 Å². The fourth-order valence-electron chi connectivity index (χ4n) is 2.67. The lowest BCUT2D eigenvalue weighted by Crippen LogP contribution is -2.04. The zero-order valence-electron chi connectivity index (χ0n) is 14.7. The average molecular weight is 336 g/mol. The number of aryl methyl sites for hydroxylation is 1. The van der Waals surface area contributed by atoms with Crippen molar-refractivity contribution in [1.29, 1.82) is 0 Å². The maximum Gasteiger partial charge on any atom is 0.211 e. The van der Waals surface area contributed by atoms with Crippen LogP contribution in [-0.4, -0.2) is 30.0 Å². The standard InChI is InChI=1S/C20H20N2O3/c1-12-5-7-14(8-6-12)20-21-11-16(22-20)19(23)15-9-17(24-3)13(2)18(10-15)25-4/h5-11H,1-4H3,(H,21,22). The smallest absolute Gasteiger partial charge is 0.211 e. The van der Waals surface area contributed by atoms with Gasteiger partial charge in [0.05, 0.1) is 20.4 Å². The normalized spacial score (nSPS) is 10.6. The van der Waals surface area contributed by atoms with Crippen molar-refractivity contribution < 1.29 is 14.3 Å². The van der Waals surface area contributed by atoms with Gasteiger partial charge in [-0.05, 0) is 26.0 Å². The molecule has 128 valence electrons. The first-order valence-corrected chi connectivity index (χ1v) is 7.93. The molecule has 0 bridgehead atoms. The average Bonchev–Trinajstić information content (AvgIpc) is 3.12. The molecule has 0 amide bonds. The minimum atomic E-state index is -0.164. The van der Waals surface area contributed by atoms with E-state index in [0.717, 1.165) is 11.1 Å². The van der Waals surface area contributed by atoms with Crippen molar-refractivity contribution in [3.05, 3.63) is 65.0 Å². The van der Waals surface area contributed by atoms with Gasteiger partial charge in [-0.3, -0.25) is 4.79 Å². The monoisotopic (exact) mass is 336 g/mol. The summed E-state index contributed by atoms with van der Waals surface area (Å²) >= 11 is 0. The van der Waals surface area contributed by atoms with Crippen molar-refractivity contribution in [1.82, 2.24) is 9.97 Å². The van der Waals surface area contributed by atoms with Crippen LogP contribution in [0.3, 0.4) is 0 Å². The van der Waals surface area contributed by atoms with Crippen molar-refractivity contribution in [2.24, 2.45) is 0 Å². The molecule has 0 atom stereocenters. The first-order chi connectivity index (χ1) is 12.0. The van der Waals surface area contributed by atoms with Gasteiger partial charge in [0.1, 0.15) is 23.0 Å². The summed E-state index contributed by atoms with van der Waals surface area (Å²) in [6, 6.07) is 11.4. The number of imidazole rings is 1. The predicted molar refractivity (Wildman–Crippen MR) is 96.5 cm³/mol. The fourth-order valence-corrected chi connectivity index (χ4v) is 2.67. The number of hydrogen-bond donors (Lipinski definition) is 1. The van der Waals surface area contributed by atoms with Gasteiger partial charge in [-0.1, -0.05) is 29.8 Å². The number of rotatable bonds is 5. The fraction of sp³-hybridized carbons (Fsp3) is 0.200. The Balaban J connectivity index is 1.95. The summed E-state index contributed by atoms with van der Waals surface area (Å²) < 4.78 is 10.7. The highest BCUT2D eigenvalue weighted by molar-refractivity contribution is 6.08. The molecule has 1 aromatic heterocycles. The van der Waals surface area contributed by atoms with Crippen LogP contribution in [0.25, 0.3) is 11.4 Å². The number of aromatic amines is 1. The molecule has 0 aliphatic heterocycles. The lowest BCUT2D eigenvalue weighted by Gasteiger charge is -2.11. The highest BCUT2D eigenvalue weighted by Crippen LogP contribution is 2.30. The molecule has 1 heterocycles. The van der Waals surface area contributed by atoms with Crippen LogP contribution in [0.1, 0.15) is 27.2 Å². The van der Waals surface area contributed by atoms with Crippen LogP contribution in [0.2, 0.25) is 0 Å². The Morgan fingerprint density at radius 2 is 1.60 bits per heavy atom. The van der Waals surface area contributed by atoms with E-state index in [0.29, 0.717) is 28.6 Å². The third kappa shape index (κ3) is 3.26. The van der Waals surface area contributed by atoms with Gasteiger partial charge in [0, 0.05) is 16.7 Å². The van der Waals surface area contributed by atoms with Crippen molar-refractivity contribution in [3.8, 4) is 22.9 Å². The molecule has 0 aliphatic carbocycles. The molecule has 0 radical (unpaired) electrons. The number of benzene rings is 2. The number of H-pyrrole nitrogens is 1. The summed E-state index contributed by atoms with van der Waals surface area (Å²) in [5.74, 6) is 1.72. The van der Waals surface area contributed by atoms with E-state index < -0.39 is 0 Å². The van der Waals surface area contributed by atoms with Gasteiger partial charge in [-0.15, -0.1) is 0 Å². The van der Waals surface area contributed by atoms with E-state index in [1.165, 1.54) is 5.56 Å². The topological polar surface area (TPSA) is 64.2 Å². The minimum absolute atomic E-state index is 0.164. The number of carbonyl (C=O) groups is 1. The Bertz CT molecular complexity index is 886. The first kappa shape index (κ1) is 16.8. The quantitative estimate of drug-likeness (QED) is 0.717. The van der Waals surface area contributed by atoms with E-state index in [1.807, 2.05) is 38.1 Å². The Morgan fingerprint density at radius 3 is 2.16 bits per heavy atom. The van der Waals surface area contributed by atoms with Gasteiger partial charge in [-0.2, -0.15) is 0 Å². The second-order valence-electron chi connectivity index (χ2n) is 5.85. The molecule has 0 spiro atoms. The van der Waals surface area contributed by atoms with Crippen LogP contribution in [0, 0.1) is 13.8 Å². The minimum Gasteiger partial charge on any atom is -0.496 e. The summed E-state index contributed by atoms with van der Waals surface area (Å²) in [5.41, 5.74) is 3.86. The summed E-state index contributed by atoms with van der Waals surface area (Å²) in [6.45, 7) is 3.91.